The first-order valence-corrected chi connectivity index (χ1v) is 10.6. The van der Waals surface area contributed by atoms with Crippen LogP contribution in [0.2, 0.25) is 10.0 Å². The average molecular weight is 415 g/mol. The largest absolute Gasteiger partial charge is 0.324 e. The third-order valence-corrected chi connectivity index (χ3v) is 5.50. The van der Waals surface area contributed by atoms with Gasteiger partial charge in [-0.25, -0.2) is 8.42 Å². The first kappa shape index (κ1) is 20.6. The Morgan fingerprint density at radius 3 is 2.38 bits per heavy atom. The Morgan fingerprint density at radius 2 is 1.81 bits per heavy atom. The van der Waals surface area contributed by atoms with E-state index in [9.17, 15) is 13.2 Å². The second-order valence-electron chi connectivity index (χ2n) is 5.91. The average Bonchev–Trinajstić information content (AvgIpc) is 2.54. The fourth-order valence-corrected chi connectivity index (χ4v) is 4.18. The van der Waals surface area contributed by atoms with E-state index in [4.69, 9.17) is 23.2 Å². The molecule has 26 heavy (non-hydrogen) atoms. The molecule has 8 heteroatoms. The van der Waals surface area contributed by atoms with Gasteiger partial charge in [-0.2, -0.15) is 0 Å². The lowest BCUT2D eigenvalue weighted by Crippen LogP contribution is -2.47. The summed E-state index contributed by atoms with van der Waals surface area (Å²) in [6.45, 7) is 3.58. The summed E-state index contributed by atoms with van der Waals surface area (Å²) in [5.74, 6) is -0.441. The van der Waals surface area contributed by atoms with E-state index >= 15 is 0 Å². The molecule has 2 rings (SSSR count). The van der Waals surface area contributed by atoms with Crippen molar-refractivity contribution >= 4 is 50.5 Å². The van der Waals surface area contributed by atoms with Crippen LogP contribution >= 0.6 is 23.2 Å². The predicted octanol–water partition coefficient (Wildman–Crippen LogP) is 4.49. The maximum atomic E-state index is 12.9. The lowest BCUT2D eigenvalue weighted by atomic mass is 10.1. The number of rotatable bonds is 6. The Morgan fingerprint density at radius 1 is 1.15 bits per heavy atom. The SMILES string of the molecule is CC[C@H](C(=O)Nc1cc(Cl)ccc1C)N(c1cccc(Cl)c1)S(C)(=O)=O. The molecule has 5 nitrogen and oxygen atoms in total. The summed E-state index contributed by atoms with van der Waals surface area (Å²) in [6.07, 6.45) is 1.35. The van der Waals surface area contributed by atoms with E-state index in [2.05, 4.69) is 5.32 Å². The van der Waals surface area contributed by atoms with Gasteiger partial charge in [0.25, 0.3) is 0 Å². The molecule has 1 atom stereocenters. The molecule has 1 N–H and O–H groups in total. The smallest absolute Gasteiger partial charge is 0.248 e. The van der Waals surface area contributed by atoms with E-state index in [-0.39, 0.29) is 6.42 Å². The molecule has 0 radical (unpaired) electrons. The fraction of sp³-hybridized carbons (Fsp3) is 0.278. The first-order valence-electron chi connectivity index (χ1n) is 7.95. The molecule has 0 aliphatic heterocycles. The zero-order valence-corrected chi connectivity index (χ0v) is 17.0. The van der Waals surface area contributed by atoms with E-state index in [1.165, 1.54) is 6.07 Å². The second-order valence-corrected chi connectivity index (χ2v) is 8.64. The minimum Gasteiger partial charge on any atom is -0.324 e. The Kier molecular flexibility index (Phi) is 6.55. The molecule has 0 bridgehead atoms. The molecule has 1 amide bonds. The molecule has 0 saturated carbocycles. The van der Waals surface area contributed by atoms with Gasteiger partial charge in [-0.3, -0.25) is 9.10 Å². The van der Waals surface area contributed by atoms with Crippen molar-refractivity contribution in [1.82, 2.24) is 0 Å². The van der Waals surface area contributed by atoms with Crippen molar-refractivity contribution in [2.75, 3.05) is 15.9 Å². The lowest BCUT2D eigenvalue weighted by molar-refractivity contribution is -0.117. The lowest BCUT2D eigenvalue weighted by Gasteiger charge is -2.30. The Hall–Kier alpha value is -1.76. The number of hydrogen-bond donors (Lipinski definition) is 1. The van der Waals surface area contributed by atoms with Gasteiger partial charge in [0.1, 0.15) is 6.04 Å². The van der Waals surface area contributed by atoms with Gasteiger partial charge in [0.15, 0.2) is 0 Å². The summed E-state index contributed by atoms with van der Waals surface area (Å²) in [6, 6.07) is 10.6. The number of sulfonamides is 1. The van der Waals surface area contributed by atoms with Crippen LogP contribution in [0.1, 0.15) is 18.9 Å². The third kappa shape index (κ3) is 4.90. The van der Waals surface area contributed by atoms with E-state index in [0.717, 1.165) is 16.1 Å². The van der Waals surface area contributed by atoms with Crippen molar-refractivity contribution in [2.45, 2.75) is 26.3 Å². The Bertz CT molecular complexity index is 916. The van der Waals surface area contributed by atoms with Crippen LogP contribution in [0.15, 0.2) is 42.5 Å². The normalized spacial score (nSPS) is 12.5. The van der Waals surface area contributed by atoms with E-state index in [1.807, 2.05) is 6.92 Å². The predicted molar refractivity (Wildman–Crippen MR) is 108 cm³/mol. The summed E-state index contributed by atoms with van der Waals surface area (Å²) < 4.78 is 25.9. The van der Waals surface area contributed by atoms with Crippen molar-refractivity contribution in [3.8, 4) is 0 Å². The van der Waals surface area contributed by atoms with Gasteiger partial charge >= 0.3 is 0 Å². The second kappa shape index (κ2) is 8.29. The number of anilines is 2. The van der Waals surface area contributed by atoms with Crippen LogP contribution in [0.4, 0.5) is 11.4 Å². The standard InChI is InChI=1S/C18H20Cl2N2O3S/c1-4-17(18(23)21-16-11-14(20)9-8-12(16)2)22(26(3,24)25)15-7-5-6-13(19)10-15/h5-11,17H,4H2,1-3H3,(H,21,23)/t17-/m1/s1. The molecular weight excluding hydrogens is 395 g/mol. The van der Waals surface area contributed by atoms with Gasteiger partial charge in [0.2, 0.25) is 15.9 Å². The van der Waals surface area contributed by atoms with Gasteiger partial charge in [-0.15, -0.1) is 0 Å². The van der Waals surface area contributed by atoms with Crippen molar-refractivity contribution < 1.29 is 13.2 Å². The van der Waals surface area contributed by atoms with Crippen LogP contribution in [0.3, 0.4) is 0 Å². The number of aryl methyl sites for hydroxylation is 1. The third-order valence-electron chi connectivity index (χ3n) is 3.85. The van der Waals surface area contributed by atoms with Gasteiger partial charge in [-0.1, -0.05) is 42.3 Å². The number of carbonyl (C=O) groups is 1. The molecular formula is C18H20Cl2N2O3S. The zero-order valence-electron chi connectivity index (χ0n) is 14.7. The minimum absolute atomic E-state index is 0.283. The minimum atomic E-state index is -3.71. The quantitative estimate of drug-likeness (QED) is 0.756. The molecule has 0 fully saturated rings. The summed E-state index contributed by atoms with van der Waals surface area (Å²) >= 11 is 12.0. The van der Waals surface area contributed by atoms with Crippen LogP contribution in [0.5, 0.6) is 0 Å². The Labute approximate surface area is 164 Å². The van der Waals surface area contributed by atoms with Crippen LogP contribution in [-0.2, 0) is 14.8 Å². The van der Waals surface area contributed by atoms with Crippen LogP contribution in [-0.4, -0.2) is 26.6 Å². The van der Waals surface area contributed by atoms with Crippen LogP contribution in [0.25, 0.3) is 0 Å². The number of nitrogens with zero attached hydrogens (tertiary/aromatic N) is 1. The van der Waals surface area contributed by atoms with E-state index < -0.39 is 22.0 Å². The monoisotopic (exact) mass is 414 g/mol. The van der Waals surface area contributed by atoms with Crippen LogP contribution < -0.4 is 9.62 Å². The Balaban J connectivity index is 2.41. The van der Waals surface area contributed by atoms with E-state index in [0.29, 0.717) is 21.4 Å². The maximum Gasteiger partial charge on any atom is 0.248 e. The van der Waals surface area contributed by atoms with Crippen molar-refractivity contribution in [2.24, 2.45) is 0 Å². The van der Waals surface area contributed by atoms with Gasteiger partial charge in [0, 0.05) is 15.7 Å². The van der Waals surface area contributed by atoms with E-state index in [1.54, 1.807) is 43.3 Å². The number of benzene rings is 2. The molecule has 2 aromatic carbocycles. The highest BCUT2D eigenvalue weighted by Crippen LogP contribution is 2.27. The highest BCUT2D eigenvalue weighted by atomic mass is 35.5. The summed E-state index contributed by atoms with van der Waals surface area (Å²) in [4.78, 5) is 12.9. The zero-order chi connectivity index (χ0) is 19.5. The van der Waals surface area contributed by atoms with Gasteiger partial charge < -0.3 is 5.32 Å². The molecule has 0 unspecified atom stereocenters. The molecule has 0 aromatic heterocycles. The number of amides is 1. The molecule has 0 heterocycles. The van der Waals surface area contributed by atoms with Crippen molar-refractivity contribution in [3.05, 3.63) is 58.1 Å². The fourth-order valence-electron chi connectivity index (χ4n) is 2.62. The number of nitrogens with one attached hydrogen (secondary N) is 1. The molecule has 0 saturated heterocycles. The number of halogens is 2. The highest BCUT2D eigenvalue weighted by molar-refractivity contribution is 7.92. The molecule has 0 aliphatic carbocycles. The summed E-state index contributed by atoms with van der Waals surface area (Å²) in [5, 5.41) is 3.64. The number of carbonyl (C=O) groups excluding carboxylic acids is 1. The summed E-state index contributed by atoms with van der Waals surface area (Å²) in [5.41, 5.74) is 1.71. The number of hydrogen-bond acceptors (Lipinski definition) is 3. The molecule has 0 spiro atoms. The van der Waals surface area contributed by atoms with Gasteiger partial charge in [-0.05, 0) is 49.2 Å². The highest BCUT2D eigenvalue weighted by Gasteiger charge is 2.31. The van der Waals surface area contributed by atoms with Crippen molar-refractivity contribution in [1.29, 1.82) is 0 Å². The van der Waals surface area contributed by atoms with Crippen molar-refractivity contribution in [3.63, 3.8) is 0 Å². The first-order chi connectivity index (χ1) is 12.1. The molecule has 0 aliphatic rings. The van der Waals surface area contributed by atoms with Crippen LogP contribution in [0, 0.1) is 6.92 Å². The molecule has 2 aromatic rings. The topological polar surface area (TPSA) is 66.5 Å². The van der Waals surface area contributed by atoms with Gasteiger partial charge in [0.05, 0.1) is 11.9 Å². The molecule has 140 valence electrons. The summed E-state index contributed by atoms with van der Waals surface area (Å²) in [7, 11) is -3.71. The maximum absolute atomic E-state index is 12.9.